The van der Waals surface area contributed by atoms with Crippen molar-refractivity contribution in [1.29, 1.82) is 0 Å². The van der Waals surface area contributed by atoms with E-state index in [4.69, 9.17) is 0 Å². The first-order chi connectivity index (χ1) is 9.74. The Hall–Kier alpha value is -1.68. The minimum atomic E-state index is 0.174. The first-order valence-corrected chi connectivity index (χ1v) is 7.26. The van der Waals surface area contributed by atoms with Gasteiger partial charge in [-0.15, -0.1) is 0 Å². The molecule has 0 bridgehead atoms. The average Bonchev–Trinajstić information content (AvgIpc) is 2.88. The number of rotatable bonds is 7. The van der Waals surface area contributed by atoms with Crippen LogP contribution in [0, 0.1) is 12.8 Å². The molecule has 0 saturated heterocycles. The van der Waals surface area contributed by atoms with E-state index in [9.17, 15) is 5.11 Å². The summed E-state index contributed by atoms with van der Waals surface area (Å²) < 4.78 is 1.94. The molecule has 0 saturated carbocycles. The van der Waals surface area contributed by atoms with E-state index in [1.165, 1.54) is 11.1 Å². The number of aryl methyl sites for hydroxylation is 2. The Kier molecular flexibility index (Phi) is 5.30. The quantitative estimate of drug-likeness (QED) is 0.842. The second kappa shape index (κ2) is 7.20. The van der Waals surface area contributed by atoms with Gasteiger partial charge >= 0.3 is 0 Å². The second-order valence-corrected chi connectivity index (χ2v) is 5.28. The minimum absolute atomic E-state index is 0.174. The van der Waals surface area contributed by atoms with Gasteiger partial charge in [0.15, 0.2) is 0 Å². The van der Waals surface area contributed by atoms with Gasteiger partial charge in [-0.3, -0.25) is 4.68 Å². The van der Waals surface area contributed by atoms with Crippen molar-refractivity contribution in [3.63, 3.8) is 0 Å². The third-order valence-electron chi connectivity index (χ3n) is 3.63. The molecule has 20 heavy (non-hydrogen) atoms. The smallest absolute Gasteiger partial charge is 0.138 e. The molecule has 1 aromatic heterocycles. The largest absolute Gasteiger partial charge is 0.396 e. The van der Waals surface area contributed by atoms with Gasteiger partial charge in [-0.25, -0.2) is 4.98 Å². The Morgan fingerprint density at radius 3 is 2.75 bits per heavy atom. The van der Waals surface area contributed by atoms with Crippen LogP contribution in [0.2, 0.25) is 0 Å². The SMILES string of the molecule is CCCn1ncnc1CC(CO)Cc1ccccc1C. The van der Waals surface area contributed by atoms with E-state index in [0.717, 1.165) is 31.6 Å². The number of aromatic nitrogens is 3. The van der Waals surface area contributed by atoms with Crippen LogP contribution in [-0.4, -0.2) is 26.5 Å². The average molecular weight is 273 g/mol. The fourth-order valence-corrected chi connectivity index (χ4v) is 2.45. The lowest BCUT2D eigenvalue weighted by Crippen LogP contribution is -2.17. The highest BCUT2D eigenvalue weighted by molar-refractivity contribution is 5.26. The van der Waals surface area contributed by atoms with Crippen molar-refractivity contribution in [1.82, 2.24) is 14.8 Å². The Morgan fingerprint density at radius 2 is 2.05 bits per heavy atom. The topological polar surface area (TPSA) is 50.9 Å². The van der Waals surface area contributed by atoms with E-state index in [1.807, 2.05) is 10.7 Å². The van der Waals surface area contributed by atoms with Gasteiger partial charge in [0.25, 0.3) is 0 Å². The highest BCUT2D eigenvalue weighted by Gasteiger charge is 2.14. The van der Waals surface area contributed by atoms with Gasteiger partial charge in [0, 0.05) is 19.6 Å². The molecule has 1 N–H and O–H groups in total. The van der Waals surface area contributed by atoms with Gasteiger partial charge in [0.1, 0.15) is 12.2 Å². The van der Waals surface area contributed by atoms with Gasteiger partial charge in [-0.1, -0.05) is 31.2 Å². The van der Waals surface area contributed by atoms with Crippen molar-refractivity contribution < 1.29 is 5.11 Å². The summed E-state index contributed by atoms with van der Waals surface area (Å²) in [6, 6.07) is 8.35. The number of aliphatic hydroxyl groups is 1. The van der Waals surface area contributed by atoms with Crippen molar-refractivity contribution in [3.8, 4) is 0 Å². The molecular formula is C16H23N3O. The second-order valence-electron chi connectivity index (χ2n) is 5.28. The summed E-state index contributed by atoms with van der Waals surface area (Å²) in [5.41, 5.74) is 2.58. The van der Waals surface area contributed by atoms with Gasteiger partial charge < -0.3 is 5.11 Å². The van der Waals surface area contributed by atoms with Crippen LogP contribution in [0.4, 0.5) is 0 Å². The maximum atomic E-state index is 9.64. The van der Waals surface area contributed by atoms with Crippen LogP contribution >= 0.6 is 0 Å². The Morgan fingerprint density at radius 1 is 1.25 bits per heavy atom. The molecule has 1 aromatic carbocycles. The van der Waals surface area contributed by atoms with Crippen molar-refractivity contribution in [2.45, 2.75) is 39.7 Å². The summed E-state index contributed by atoms with van der Waals surface area (Å²) in [7, 11) is 0. The third-order valence-corrected chi connectivity index (χ3v) is 3.63. The summed E-state index contributed by atoms with van der Waals surface area (Å²) in [5.74, 6) is 1.16. The molecule has 0 spiro atoms. The highest BCUT2D eigenvalue weighted by atomic mass is 16.3. The molecule has 0 aliphatic carbocycles. The molecule has 0 amide bonds. The molecular weight excluding hydrogens is 250 g/mol. The van der Waals surface area contributed by atoms with Crippen LogP contribution < -0.4 is 0 Å². The molecule has 4 nitrogen and oxygen atoms in total. The molecule has 1 heterocycles. The standard InChI is InChI=1S/C16H23N3O/c1-3-8-19-16(17-12-18-19)10-14(11-20)9-15-7-5-4-6-13(15)2/h4-7,12,14,20H,3,8-11H2,1-2H3. The number of aliphatic hydroxyl groups excluding tert-OH is 1. The number of hydrogen-bond donors (Lipinski definition) is 1. The van der Waals surface area contributed by atoms with Crippen LogP contribution in [0.25, 0.3) is 0 Å². The summed E-state index contributed by atoms with van der Waals surface area (Å²) >= 11 is 0. The maximum absolute atomic E-state index is 9.64. The summed E-state index contributed by atoms with van der Waals surface area (Å²) in [6.07, 6.45) is 4.29. The monoisotopic (exact) mass is 273 g/mol. The van der Waals surface area contributed by atoms with Crippen molar-refractivity contribution in [2.24, 2.45) is 5.92 Å². The van der Waals surface area contributed by atoms with Crippen molar-refractivity contribution in [2.75, 3.05) is 6.61 Å². The fourth-order valence-electron chi connectivity index (χ4n) is 2.45. The van der Waals surface area contributed by atoms with Crippen molar-refractivity contribution in [3.05, 3.63) is 47.5 Å². The predicted molar refractivity (Wildman–Crippen MR) is 79.5 cm³/mol. The van der Waals surface area contributed by atoms with Crippen LogP contribution in [0.3, 0.4) is 0 Å². The molecule has 0 aliphatic heterocycles. The normalized spacial score (nSPS) is 12.6. The zero-order chi connectivity index (χ0) is 14.4. The predicted octanol–water partition coefficient (Wildman–Crippen LogP) is 2.39. The molecule has 1 unspecified atom stereocenters. The molecule has 0 radical (unpaired) electrons. The first-order valence-electron chi connectivity index (χ1n) is 7.26. The zero-order valence-electron chi connectivity index (χ0n) is 12.3. The fraction of sp³-hybridized carbons (Fsp3) is 0.500. The van der Waals surface area contributed by atoms with Gasteiger partial charge in [0.05, 0.1) is 0 Å². The molecule has 2 aromatic rings. The van der Waals surface area contributed by atoms with Gasteiger partial charge in [0.2, 0.25) is 0 Å². The van der Waals surface area contributed by atoms with Crippen LogP contribution in [-0.2, 0) is 19.4 Å². The van der Waals surface area contributed by atoms with E-state index in [2.05, 4.69) is 42.1 Å². The molecule has 0 fully saturated rings. The summed E-state index contributed by atoms with van der Waals surface area (Å²) in [6.45, 7) is 5.30. The Labute approximate surface area is 120 Å². The summed E-state index contributed by atoms with van der Waals surface area (Å²) in [4.78, 5) is 4.33. The summed E-state index contributed by atoms with van der Waals surface area (Å²) in [5, 5.41) is 13.9. The lowest BCUT2D eigenvalue weighted by Gasteiger charge is -2.15. The first kappa shape index (κ1) is 14.7. The van der Waals surface area contributed by atoms with E-state index in [1.54, 1.807) is 6.33 Å². The number of hydrogen-bond acceptors (Lipinski definition) is 3. The minimum Gasteiger partial charge on any atom is -0.396 e. The van der Waals surface area contributed by atoms with Gasteiger partial charge in [-0.05, 0) is 36.8 Å². The molecule has 2 rings (SSSR count). The molecule has 0 aliphatic rings. The third kappa shape index (κ3) is 3.67. The molecule has 108 valence electrons. The molecule has 4 heteroatoms. The maximum Gasteiger partial charge on any atom is 0.138 e. The highest BCUT2D eigenvalue weighted by Crippen LogP contribution is 2.16. The van der Waals surface area contributed by atoms with Gasteiger partial charge in [-0.2, -0.15) is 5.10 Å². The van der Waals surface area contributed by atoms with E-state index in [-0.39, 0.29) is 12.5 Å². The number of benzene rings is 1. The lowest BCUT2D eigenvalue weighted by atomic mass is 9.94. The zero-order valence-corrected chi connectivity index (χ0v) is 12.3. The molecule has 1 atom stereocenters. The Balaban J connectivity index is 2.05. The van der Waals surface area contributed by atoms with Crippen LogP contribution in [0.1, 0.15) is 30.3 Å². The van der Waals surface area contributed by atoms with E-state index in [0.29, 0.717) is 0 Å². The van der Waals surface area contributed by atoms with Crippen molar-refractivity contribution >= 4 is 0 Å². The van der Waals surface area contributed by atoms with E-state index >= 15 is 0 Å². The Bertz CT molecular complexity index is 536. The van der Waals surface area contributed by atoms with Crippen LogP contribution in [0.5, 0.6) is 0 Å². The van der Waals surface area contributed by atoms with Crippen LogP contribution in [0.15, 0.2) is 30.6 Å². The van der Waals surface area contributed by atoms with E-state index < -0.39 is 0 Å². The lowest BCUT2D eigenvalue weighted by molar-refractivity contribution is 0.221. The number of nitrogens with zero attached hydrogens (tertiary/aromatic N) is 3.